The molecule has 17 heavy (non-hydrogen) atoms. The van der Waals surface area contributed by atoms with Gasteiger partial charge in [0.05, 0.1) is 11.7 Å². The van der Waals surface area contributed by atoms with E-state index in [2.05, 4.69) is 25.9 Å². The molecule has 0 aliphatic carbocycles. The Morgan fingerprint density at radius 3 is 2.88 bits per heavy atom. The van der Waals surface area contributed by atoms with Gasteiger partial charge in [-0.25, -0.2) is 9.97 Å². The van der Waals surface area contributed by atoms with E-state index in [1.54, 1.807) is 0 Å². The molecule has 0 bridgehead atoms. The number of nitrogens with zero attached hydrogens (tertiary/aromatic N) is 3. The van der Waals surface area contributed by atoms with Gasteiger partial charge >= 0.3 is 0 Å². The molecule has 0 aromatic carbocycles. The maximum atomic E-state index is 4.50. The van der Waals surface area contributed by atoms with E-state index >= 15 is 0 Å². The molecule has 0 fully saturated rings. The standard InChI is InChI=1S/C13H10BrN3/c1-9-3-2-4-12(16-9)13-15-7-11-6-5-10(14)8-17(11)13/h2-8H,1H3. The van der Waals surface area contributed by atoms with Crippen LogP contribution in [0.5, 0.6) is 0 Å². The molecule has 0 radical (unpaired) electrons. The van der Waals surface area contributed by atoms with Gasteiger partial charge in [0.1, 0.15) is 5.69 Å². The topological polar surface area (TPSA) is 30.2 Å². The molecule has 4 heteroatoms. The van der Waals surface area contributed by atoms with Crippen LogP contribution in [0.1, 0.15) is 5.69 Å². The number of hydrogen-bond donors (Lipinski definition) is 0. The molecule has 3 nitrogen and oxygen atoms in total. The maximum Gasteiger partial charge on any atom is 0.163 e. The van der Waals surface area contributed by atoms with Crippen molar-refractivity contribution in [2.45, 2.75) is 6.92 Å². The van der Waals surface area contributed by atoms with E-state index < -0.39 is 0 Å². The SMILES string of the molecule is Cc1cccc(-c2ncc3ccc(Br)cn23)n1. The summed E-state index contributed by atoms with van der Waals surface area (Å²) in [7, 11) is 0. The fourth-order valence-corrected chi connectivity index (χ4v) is 2.16. The minimum absolute atomic E-state index is 0.866. The van der Waals surface area contributed by atoms with Gasteiger partial charge in [-0.1, -0.05) is 6.07 Å². The molecule has 3 heterocycles. The van der Waals surface area contributed by atoms with Crippen LogP contribution in [0.4, 0.5) is 0 Å². The van der Waals surface area contributed by atoms with Crippen LogP contribution in [-0.4, -0.2) is 14.4 Å². The van der Waals surface area contributed by atoms with Crippen LogP contribution in [0.3, 0.4) is 0 Å². The third-order valence-corrected chi connectivity index (χ3v) is 3.08. The predicted octanol–water partition coefficient (Wildman–Crippen LogP) is 3.47. The zero-order valence-corrected chi connectivity index (χ0v) is 10.8. The van der Waals surface area contributed by atoms with Crippen LogP contribution >= 0.6 is 15.9 Å². The monoisotopic (exact) mass is 287 g/mol. The number of halogens is 1. The van der Waals surface area contributed by atoms with Crippen molar-refractivity contribution in [1.82, 2.24) is 14.4 Å². The average Bonchev–Trinajstić information content (AvgIpc) is 2.71. The summed E-state index contributed by atoms with van der Waals surface area (Å²) in [6.45, 7) is 1.98. The molecule has 3 aromatic heterocycles. The third-order valence-electron chi connectivity index (χ3n) is 2.61. The normalized spacial score (nSPS) is 10.9. The lowest BCUT2D eigenvalue weighted by atomic mass is 10.3. The summed E-state index contributed by atoms with van der Waals surface area (Å²) in [5.74, 6) is 0.866. The van der Waals surface area contributed by atoms with Crippen molar-refractivity contribution in [2.24, 2.45) is 0 Å². The summed E-state index contributed by atoms with van der Waals surface area (Å²) in [5, 5.41) is 0. The molecular weight excluding hydrogens is 278 g/mol. The molecule has 84 valence electrons. The van der Waals surface area contributed by atoms with Gasteiger partial charge in [0.25, 0.3) is 0 Å². The van der Waals surface area contributed by atoms with Crippen LogP contribution < -0.4 is 0 Å². The van der Waals surface area contributed by atoms with E-state index in [4.69, 9.17) is 0 Å². The van der Waals surface area contributed by atoms with Gasteiger partial charge in [-0.15, -0.1) is 0 Å². The lowest BCUT2D eigenvalue weighted by Gasteiger charge is -2.02. The number of fused-ring (bicyclic) bond motifs is 1. The molecule has 0 aliphatic rings. The second kappa shape index (κ2) is 3.96. The van der Waals surface area contributed by atoms with Crippen LogP contribution in [-0.2, 0) is 0 Å². The first kappa shape index (κ1) is 10.5. The van der Waals surface area contributed by atoms with Crippen molar-refractivity contribution >= 4 is 21.4 Å². The lowest BCUT2D eigenvalue weighted by Crippen LogP contribution is -1.93. The summed E-state index contributed by atoms with van der Waals surface area (Å²) in [5.41, 5.74) is 2.95. The Morgan fingerprint density at radius 2 is 2.06 bits per heavy atom. The van der Waals surface area contributed by atoms with Gasteiger partial charge < -0.3 is 0 Å². The minimum Gasteiger partial charge on any atom is -0.297 e. The second-order valence-electron chi connectivity index (χ2n) is 3.89. The van der Waals surface area contributed by atoms with E-state index in [1.165, 1.54) is 0 Å². The highest BCUT2D eigenvalue weighted by Gasteiger charge is 2.07. The second-order valence-corrected chi connectivity index (χ2v) is 4.80. The first-order valence-corrected chi connectivity index (χ1v) is 6.10. The van der Waals surface area contributed by atoms with Gasteiger partial charge in [0.15, 0.2) is 5.82 Å². The van der Waals surface area contributed by atoms with E-state index in [-0.39, 0.29) is 0 Å². The summed E-state index contributed by atoms with van der Waals surface area (Å²) in [6, 6.07) is 9.98. The van der Waals surface area contributed by atoms with Crippen LogP contribution in [0.25, 0.3) is 17.0 Å². The predicted molar refractivity (Wildman–Crippen MR) is 70.9 cm³/mol. The average molecular weight is 288 g/mol. The molecule has 0 saturated carbocycles. The summed E-state index contributed by atoms with van der Waals surface area (Å²) < 4.78 is 3.06. The van der Waals surface area contributed by atoms with E-state index in [9.17, 15) is 0 Å². The summed E-state index contributed by atoms with van der Waals surface area (Å²) in [6.07, 6.45) is 3.85. The van der Waals surface area contributed by atoms with Gasteiger partial charge in [-0.2, -0.15) is 0 Å². The van der Waals surface area contributed by atoms with Crippen molar-refractivity contribution in [3.63, 3.8) is 0 Å². The highest BCUT2D eigenvalue weighted by Crippen LogP contribution is 2.20. The molecule has 0 spiro atoms. The molecule has 0 atom stereocenters. The number of rotatable bonds is 1. The van der Waals surface area contributed by atoms with Crippen molar-refractivity contribution in [3.8, 4) is 11.5 Å². The van der Waals surface area contributed by atoms with Gasteiger partial charge in [0.2, 0.25) is 0 Å². The number of imidazole rings is 1. The molecular formula is C13H10BrN3. The lowest BCUT2D eigenvalue weighted by molar-refractivity contribution is 1.10. The largest absolute Gasteiger partial charge is 0.297 e. The highest BCUT2D eigenvalue weighted by molar-refractivity contribution is 9.10. The van der Waals surface area contributed by atoms with Gasteiger partial charge in [-0.3, -0.25) is 4.40 Å². The van der Waals surface area contributed by atoms with Gasteiger partial charge in [0, 0.05) is 16.4 Å². The Kier molecular flexibility index (Phi) is 2.44. The Labute approximate surface area is 107 Å². The minimum atomic E-state index is 0.866. The van der Waals surface area contributed by atoms with Gasteiger partial charge in [-0.05, 0) is 47.1 Å². The zero-order chi connectivity index (χ0) is 11.8. The van der Waals surface area contributed by atoms with E-state index in [0.717, 1.165) is 27.2 Å². The fraction of sp³-hybridized carbons (Fsp3) is 0.0769. The van der Waals surface area contributed by atoms with E-state index in [1.807, 2.05) is 54.0 Å². The Morgan fingerprint density at radius 1 is 1.18 bits per heavy atom. The van der Waals surface area contributed by atoms with Crippen LogP contribution in [0.2, 0.25) is 0 Å². The first-order chi connectivity index (χ1) is 8.24. The first-order valence-electron chi connectivity index (χ1n) is 5.31. The fourth-order valence-electron chi connectivity index (χ4n) is 1.82. The Bertz CT molecular complexity index is 688. The maximum absolute atomic E-state index is 4.50. The molecule has 3 aromatic rings. The Balaban J connectivity index is 2.27. The zero-order valence-electron chi connectivity index (χ0n) is 9.26. The summed E-state index contributed by atoms with van der Waals surface area (Å²) >= 11 is 3.47. The number of pyridine rings is 2. The number of aryl methyl sites for hydroxylation is 1. The molecule has 0 unspecified atom stereocenters. The highest BCUT2D eigenvalue weighted by atomic mass is 79.9. The molecule has 0 N–H and O–H groups in total. The molecule has 0 amide bonds. The Hall–Kier alpha value is -1.68. The molecule has 3 rings (SSSR count). The number of hydrogen-bond acceptors (Lipinski definition) is 2. The van der Waals surface area contributed by atoms with Crippen molar-refractivity contribution < 1.29 is 0 Å². The third kappa shape index (κ3) is 1.85. The smallest absolute Gasteiger partial charge is 0.163 e. The quantitative estimate of drug-likeness (QED) is 0.686. The van der Waals surface area contributed by atoms with Crippen molar-refractivity contribution in [3.05, 3.63) is 52.9 Å². The van der Waals surface area contributed by atoms with E-state index in [0.29, 0.717) is 0 Å². The van der Waals surface area contributed by atoms with Crippen molar-refractivity contribution in [1.29, 1.82) is 0 Å². The van der Waals surface area contributed by atoms with Crippen LogP contribution in [0, 0.1) is 6.92 Å². The van der Waals surface area contributed by atoms with Crippen LogP contribution in [0.15, 0.2) is 47.2 Å². The number of aromatic nitrogens is 3. The molecule has 0 saturated heterocycles. The van der Waals surface area contributed by atoms with Crippen molar-refractivity contribution in [2.75, 3.05) is 0 Å². The molecule has 0 aliphatic heterocycles. The summed E-state index contributed by atoms with van der Waals surface area (Å²) in [4.78, 5) is 8.92.